The van der Waals surface area contributed by atoms with E-state index < -0.39 is 24.6 Å². The molecule has 1 rings (SSSR count). The van der Waals surface area contributed by atoms with Crippen LogP contribution < -0.4 is 4.74 Å². The summed E-state index contributed by atoms with van der Waals surface area (Å²) >= 11 is 0. The van der Waals surface area contributed by atoms with Crippen molar-refractivity contribution in [3.05, 3.63) is 29.8 Å². The normalized spacial score (nSPS) is 10.2. The van der Waals surface area contributed by atoms with Crippen LogP contribution in [0.5, 0.6) is 5.75 Å². The molecule has 0 amide bonds. The summed E-state index contributed by atoms with van der Waals surface area (Å²) in [7, 11) is 0. The average Bonchev–Trinajstić information content (AvgIpc) is 2.16. The molecule has 1 aromatic rings. The van der Waals surface area contributed by atoms with Crippen molar-refractivity contribution in [3.8, 4) is 5.75 Å². The van der Waals surface area contributed by atoms with Gasteiger partial charge >= 0.3 is 5.97 Å². The zero-order chi connectivity index (χ0) is 12.1. The second kappa shape index (κ2) is 5.34. The largest absolute Gasteiger partial charge is 0.427 e. The Kier molecular flexibility index (Phi) is 4.10. The van der Waals surface area contributed by atoms with Crippen LogP contribution in [0.4, 0.5) is 8.78 Å². The maximum atomic E-state index is 11.9. The summed E-state index contributed by atoms with van der Waals surface area (Å²) in [6.45, 7) is 1.25. The zero-order valence-corrected chi connectivity index (χ0v) is 8.57. The lowest BCUT2D eigenvalue weighted by molar-refractivity contribution is -0.131. The first-order valence-corrected chi connectivity index (χ1v) is 4.59. The van der Waals surface area contributed by atoms with Crippen LogP contribution in [0.25, 0.3) is 0 Å². The van der Waals surface area contributed by atoms with Gasteiger partial charge in [0.15, 0.2) is 5.78 Å². The summed E-state index contributed by atoms with van der Waals surface area (Å²) in [4.78, 5) is 21.8. The summed E-state index contributed by atoms with van der Waals surface area (Å²) in [5.74, 6) is -0.836. The van der Waals surface area contributed by atoms with Crippen LogP contribution in [0, 0.1) is 0 Å². The van der Waals surface area contributed by atoms with Crippen LogP contribution in [0.15, 0.2) is 24.3 Å². The molecule has 86 valence electrons. The molecule has 16 heavy (non-hydrogen) atoms. The molecule has 0 spiro atoms. The van der Waals surface area contributed by atoms with Gasteiger partial charge in [0.05, 0.1) is 6.42 Å². The maximum absolute atomic E-state index is 11.9. The summed E-state index contributed by atoms with van der Waals surface area (Å²) in [5.41, 5.74) is 0.177. The number of halogens is 2. The second-order valence-corrected chi connectivity index (χ2v) is 3.14. The van der Waals surface area contributed by atoms with Crippen LogP contribution in [-0.2, 0) is 4.79 Å². The molecule has 3 nitrogen and oxygen atoms in total. The quantitative estimate of drug-likeness (QED) is 0.451. The molecule has 0 aliphatic rings. The van der Waals surface area contributed by atoms with E-state index in [0.717, 1.165) is 0 Å². The number of carbonyl (C=O) groups is 2. The number of ketones is 1. The molecular weight excluding hydrogens is 218 g/mol. The van der Waals surface area contributed by atoms with Crippen molar-refractivity contribution in [2.24, 2.45) is 0 Å². The summed E-state index contributed by atoms with van der Waals surface area (Å²) in [6.07, 6.45) is -3.45. The minimum absolute atomic E-state index is 0.177. The van der Waals surface area contributed by atoms with E-state index in [2.05, 4.69) is 0 Å². The zero-order valence-electron chi connectivity index (χ0n) is 8.57. The van der Waals surface area contributed by atoms with Gasteiger partial charge in [-0.15, -0.1) is 0 Å². The van der Waals surface area contributed by atoms with Gasteiger partial charge in [0.25, 0.3) is 0 Å². The third-order valence-electron chi connectivity index (χ3n) is 1.78. The lowest BCUT2D eigenvalue weighted by Gasteiger charge is -2.03. The number of esters is 1. The Hall–Kier alpha value is -1.78. The van der Waals surface area contributed by atoms with Crippen molar-refractivity contribution >= 4 is 11.8 Å². The van der Waals surface area contributed by atoms with Crippen molar-refractivity contribution in [1.29, 1.82) is 0 Å². The molecule has 0 aliphatic heterocycles. The number of rotatable bonds is 4. The number of Topliss-reactive ketones (excluding diaryl/α,β-unsaturated/α-hetero) is 1. The van der Waals surface area contributed by atoms with E-state index in [9.17, 15) is 18.4 Å². The fourth-order valence-electron chi connectivity index (χ4n) is 1.13. The maximum Gasteiger partial charge on any atom is 0.308 e. The number of hydrogen-bond acceptors (Lipinski definition) is 3. The van der Waals surface area contributed by atoms with E-state index in [1.165, 1.54) is 31.2 Å². The lowest BCUT2D eigenvalue weighted by atomic mass is 10.1. The van der Waals surface area contributed by atoms with Crippen molar-refractivity contribution in [3.63, 3.8) is 0 Å². The van der Waals surface area contributed by atoms with Crippen molar-refractivity contribution < 1.29 is 23.1 Å². The fourth-order valence-corrected chi connectivity index (χ4v) is 1.13. The van der Waals surface area contributed by atoms with Gasteiger partial charge in [-0.25, -0.2) is 8.78 Å². The van der Waals surface area contributed by atoms with Gasteiger partial charge in [-0.2, -0.15) is 0 Å². The minimum atomic E-state index is -2.65. The highest BCUT2D eigenvalue weighted by Crippen LogP contribution is 2.15. The summed E-state index contributed by atoms with van der Waals surface area (Å²) in [5, 5.41) is 0. The Bertz CT molecular complexity index is 385. The smallest absolute Gasteiger partial charge is 0.308 e. The fraction of sp³-hybridized carbons (Fsp3) is 0.273. The highest BCUT2D eigenvalue weighted by atomic mass is 19.3. The topological polar surface area (TPSA) is 43.4 Å². The van der Waals surface area contributed by atoms with Crippen LogP contribution in [0.3, 0.4) is 0 Å². The molecule has 0 unspecified atom stereocenters. The Morgan fingerprint density at radius 3 is 2.25 bits per heavy atom. The van der Waals surface area contributed by atoms with Gasteiger partial charge in [0.2, 0.25) is 6.43 Å². The molecule has 0 bridgehead atoms. The lowest BCUT2D eigenvalue weighted by Crippen LogP contribution is -2.05. The summed E-state index contributed by atoms with van der Waals surface area (Å²) in [6, 6.07) is 5.48. The third kappa shape index (κ3) is 3.76. The van der Waals surface area contributed by atoms with E-state index in [4.69, 9.17) is 4.74 Å². The van der Waals surface area contributed by atoms with Crippen LogP contribution in [0.2, 0.25) is 0 Å². The van der Waals surface area contributed by atoms with E-state index >= 15 is 0 Å². The third-order valence-corrected chi connectivity index (χ3v) is 1.78. The average molecular weight is 228 g/mol. The molecule has 1 aromatic carbocycles. The second-order valence-electron chi connectivity index (χ2n) is 3.14. The van der Waals surface area contributed by atoms with E-state index in [-0.39, 0.29) is 11.3 Å². The van der Waals surface area contributed by atoms with Gasteiger partial charge < -0.3 is 4.74 Å². The van der Waals surface area contributed by atoms with Crippen LogP contribution in [-0.4, -0.2) is 18.2 Å². The van der Waals surface area contributed by atoms with Gasteiger partial charge in [-0.3, -0.25) is 9.59 Å². The molecule has 0 atom stereocenters. The number of hydrogen-bond donors (Lipinski definition) is 0. The number of carbonyl (C=O) groups excluding carboxylic acids is 2. The van der Waals surface area contributed by atoms with Crippen molar-refractivity contribution in [2.45, 2.75) is 19.8 Å². The molecular formula is C11H10F2O3. The molecule has 0 radical (unpaired) electrons. The first kappa shape index (κ1) is 12.3. The Balaban J connectivity index is 2.71. The molecule has 0 N–H and O–H groups in total. The standard InChI is InChI=1S/C11H10F2O3/c1-7(14)16-9-4-2-8(3-5-9)10(15)6-11(12)13/h2-5,11H,6H2,1H3. The van der Waals surface area contributed by atoms with Gasteiger partial charge in [-0.1, -0.05) is 0 Å². The highest BCUT2D eigenvalue weighted by molar-refractivity contribution is 5.96. The van der Waals surface area contributed by atoms with Crippen LogP contribution >= 0.6 is 0 Å². The Morgan fingerprint density at radius 2 is 1.81 bits per heavy atom. The number of alkyl halides is 2. The monoisotopic (exact) mass is 228 g/mol. The van der Waals surface area contributed by atoms with Gasteiger partial charge in [-0.05, 0) is 24.3 Å². The van der Waals surface area contributed by atoms with E-state index in [0.29, 0.717) is 0 Å². The van der Waals surface area contributed by atoms with E-state index in [1.807, 2.05) is 0 Å². The predicted molar refractivity (Wildman–Crippen MR) is 52.7 cm³/mol. The summed E-state index contributed by atoms with van der Waals surface area (Å²) < 4.78 is 28.6. The molecule has 0 aromatic heterocycles. The van der Waals surface area contributed by atoms with Crippen LogP contribution in [0.1, 0.15) is 23.7 Å². The SMILES string of the molecule is CC(=O)Oc1ccc(C(=O)CC(F)F)cc1. The van der Waals surface area contributed by atoms with Gasteiger partial charge in [0, 0.05) is 12.5 Å². The van der Waals surface area contributed by atoms with E-state index in [1.54, 1.807) is 0 Å². The molecule has 0 fully saturated rings. The molecule has 0 saturated heterocycles. The number of benzene rings is 1. The van der Waals surface area contributed by atoms with Crippen molar-refractivity contribution in [2.75, 3.05) is 0 Å². The Morgan fingerprint density at radius 1 is 1.25 bits per heavy atom. The predicted octanol–water partition coefficient (Wildman–Crippen LogP) is 2.45. The van der Waals surface area contributed by atoms with Crippen molar-refractivity contribution in [1.82, 2.24) is 0 Å². The Labute approximate surface area is 91.0 Å². The molecule has 0 heterocycles. The highest BCUT2D eigenvalue weighted by Gasteiger charge is 2.12. The number of ether oxygens (including phenoxy) is 1. The first-order chi connectivity index (χ1) is 7.49. The minimum Gasteiger partial charge on any atom is -0.427 e. The molecule has 0 aliphatic carbocycles. The molecule has 0 saturated carbocycles. The molecule has 5 heteroatoms. The first-order valence-electron chi connectivity index (χ1n) is 4.59. The van der Waals surface area contributed by atoms with Gasteiger partial charge in [0.1, 0.15) is 5.75 Å².